The van der Waals surface area contributed by atoms with Gasteiger partial charge in [-0.3, -0.25) is 0 Å². The third-order valence-corrected chi connectivity index (χ3v) is 3.25. The van der Waals surface area contributed by atoms with Gasteiger partial charge in [-0.05, 0) is 30.9 Å². The molecule has 0 unspecified atom stereocenters. The predicted octanol–water partition coefficient (Wildman–Crippen LogP) is 3.73. The summed E-state index contributed by atoms with van der Waals surface area (Å²) in [5.74, 6) is 1.77. The van der Waals surface area contributed by atoms with E-state index >= 15 is 0 Å². The Morgan fingerprint density at radius 3 is 2.73 bits per heavy atom. The van der Waals surface area contributed by atoms with Crippen molar-refractivity contribution in [2.45, 2.75) is 32.1 Å². The Bertz CT molecular complexity index is 291. The van der Waals surface area contributed by atoms with Crippen LogP contribution in [0.4, 0.5) is 5.82 Å². The van der Waals surface area contributed by atoms with Crippen LogP contribution < -0.4 is 5.32 Å². The molecule has 2 nitrogen and oxygen atoms in total. The van der Waals surface area contributed by atoms with Gasteiger partial charge in [0.1, 0.15) is 5.82 Å². The lowest BCUT2D eigenvalue weighted by Gasteiger charge is -2.21. The van der Waals surface area contributed by atoms with Gasteiger partial charge in [-0.25, -0.2) is 4.98 Å². The highest BCUT2D eigenvalue weighted by molar-refractivity contribution is 6.30. The van der Waals surface area contributed by atoms with E-state index in [0.29, 0.717) is 5.02 Å². The Labute approximate surface area is 96.1 Å². The fourth-order valence-corrected chi connectivity index (χ4v) is 2.23. The van der Waals surface area contributed by atoms with Crippen molar-refractivity contribution < 1.29 is 0 Å². The topological polar surface area (TPSA) is 24.9 Å². The van der Waals surface area contributed by atoms with Crippen molar-refractivity contribution >= 4 is 17.4 Å². The van der Waals surface area contributed by atoms with Gasteiger partial charge in [-0.1, -0.05) is 30.9 Å². The summed E-state index contributed by atoms with van der Waals surface area (Å²) in [4.78, 5) is 4.22. The molecule has 0 amide bonds. The molecule has 2 rings (SSSR count). The van der Waals surface area contributed by atoms with Crippen LogP contribution in [0.15, 0.2) is 18.3 Å². The average Bonchev–Trinajstić information content (AvgIpc) is 2.30. The number of pyridine rings is 1. The summed E-state index contributed by atoms with van der Waals surface area (Å²) in [6.07, 6.45) is 8.60. The average molecular weight is 225 g/mol. The summed E-state index contributed by atoms with van der Waals surface area (Å²) in [5.41, 5.74) is 0. The first-order valence-corrected chi connectivity index (χ1v) is 6.08. The molecule has 3 heteroatoms. The molecule has 0 spiro atoms. The minimum atomic E-state index is 0.693. The summed E-state index contributed by atoms with van der Waals surface area (Å²) in [6, 6.07) is 3.81. The van der Waals surface area contributed by atoms with Crippen molar-refractivity contribution in [2.75, 3.05) is 11.9 Å². The number of aromatic nitrogens is 1. The molecule has 1 fully saturated rings. The predicted molar refractivity (Wildman–Crippen MR) is 64.3 cm³/mol. The molecule has 0 aromatic carbocycles. The minimum absolute atomic E-state index is 0.693. The fraction of sp³-hybridized carbons (Fsp3) is 0.583. The molecule has 1 heterocycles. The van der Waals surface area contributed by atoms with E-state index in [1.807, 2.05) is 12.1 Å². The highest BCUT2D eigenvalue weighted by atomic mass is 35.5. The van der Waals surface area contributed by atoms with Crippen LogP contribution in [0.5, 0.6) is 0 Å². The molecular weight excluding hydrogens is 208 g/mol. The Kier molecular flexibility index (Phi) is 3.84. The second-order valence-corrected chi connectivity index (χ2v) is 4.68. The van der Waals surface area contributed by atoms with E-state index in [-0.39, 0.29) is 0 Å². The van der Waals surface area contributed by atoms with Crippen LogP contribution in [0.25, 0.3) is 0 Å². The molecule has 0 saturated heterocycles. The van der Waals surface area contributed by atoms with E-state index in [2.05, 4.69) is 10.3 Å². The molecule has 1 aliphatic carbocycles. The van der Waals surface area contributed by atoms with Gasteiger partial charge in [0.15, 0.2) is 0 Å². The molecule has 0 bridgehead atoms. The first-order valence-electron chi connectivity index (χ1n) is 5.70. The fourth-order valence-electron chi connectivity index (χ4n) is 2.12. The molecule has 82 valence electrons. The van der Waals surface area contributed by atoms with Gasteiger partial charge in [0, 0.05) is 12.7 Å². The molecule has 1 aromatic rings. The van der Waals surface area contributed by atoms with Crippen LogP contribution >= 0.6 is 11.6 Å². The number of nitrogens with one attached hydrogen (secondary N) is 1. The van der Waals surface area contributed by atoms with Gasteiger partial charge in [-0.2, -0.15) is 0 Å². The SMILES string of the molecule is Clc1ccc(NCC2CCCCC2)nc1. The van der Waals surface area contributed by atoms with Gasteiger partial charge in [0.2, 0.25) is 0 Å². The molecule has 15 heavy (non-hydrogen) atoms. The molecule has 1 N–H and O–H groups in total. The lowest BCUT2D eigenvalue weighted by Crippen LogP contribution is -2.17. The van der Waals surface area contributed by atoms with Crippen LogP contribution in [0.2, 0.25) is 5.02 Å². The van der Waals surface area contributed by atoms with Crippen LogP contribution in [-0.4, -0.2) is 11.5 Å². The van der Waals surface area contributed by atoms with Crippen molar-refractivity contribution in [1.82, 2.24) is 4.98 Å². The maximum absolute atomic E-state index is 5.77. The third-order valence-electron chi connectivity index (χ3n) is 3.02. The molecule has 0 radical (unpaired) electrons. The number of nitrogens with zero attached hydrogens (tertiary/aromatic N) is 1. The smallest absolute Gasteiger partial charge is 0.125 e. The van der Waals surface area contributed by atoms with E-state index in [0.717, 1.165) is 18.3 Å². The van der Waals surface area contributed by atoms with E-state index in [1.165, 1.54) is 32.1 Å². The van der Waals surface area contributed by atoms with E-state index in [9.17, 15) is 0 Å². The molecular formula is C12H17ClN2. The number of hydrogen-bond donors (Lipinski definition) is 1. The number of rotatable bonds is 3. The summed E-state index contributed by atoms with van der Waals surface area (Å²) in [5, 5.41) is 4.06. The second kappa shape index (κ2) is 5.36. The number of anilines is 1. The van der Waals surface area contributed by atoms with Gasteiger partial charge < -0.3 is 5.32 Å². The van der Waals surface area contributed by atoms with Crippen molar-refractivity contribution in [3.05, 3.63) is 23.4 Å². The van der Waals surface area contributed by atoms with Crippen LogP contribution in [0, 0.1) is 5.92 Å². The summed E-state index contributed by atoms with van der Waals surface area (Å²) >= 11 is 5.77. The van der Waals surface area contributed by atoms with Crippen LogP contribution in [0.1, 0.15) is 32.1 Å². The van der Waals surface area contributed by atoms with Crippen molar-refractivity contribution in [3.8, 4) is 0 Å². The third kappa shape index (κ3) is 3.38. The van der Waals surface area contributed by atoms with Gasteiger partial charge in [0.05, 0.1) is 5.02 Å². The summed E-state index contributed by atoms with van der Waals surface area (Å²) in [7, 11) is 0. The second-order valence-electron chi connectivity index (χ2n) is 4.25. The van der Waals surface area contributed by atoms with E-state index < -0.39 is 0 Å². The van der Waals surface area contributed by atoms with Crippen LogP contribution in [-0.2, 0) is 0 Å². The molecule has 1 aliphatic rings. The largest absolute Gasteiger partial charge is 0.370 e. The number of hydrogen-bond acceptors (Lipinski definition) is 2. The van der Waals surface area contributed by atoms with Gasteiger partial charge in [-0.15, -0.1) is 0 Å². The molecule has 0 aliphatic heterocycles. The Balaban J connectivity index is 1.79. The first-order chi connectivity index (χ1) is 7.34. The highest BCUT2D eigenvalue weighted by Gasteiger charge is 2.12. The Morgan fingerprint density at radius 1 is 1.27 bits per heavy atom. The number of halogens is 1. The zero-order valence-electron chi connectivity index (χ0n) is 8.88. The van der Waals surface area contributed by atoms with E-state index in [4.69, 9.17) is 11.6 Å². The standard InChI is InChI=1S/C12H17ClN2/c13-11-6-7-12(15-9-11)14-8-10-4-2-1-3-5-10/h6-7,9-10H,1-5,8H2,(H,14,15). The zero-order chi connectivity index (χ0) is 10.5. The molecule has 0 atom stereocenters. The van der Waals surface area contributed by atoms with Gasteiger partial charge >= 0.3 is 0 Å². The maximum atomic E-state index is 5.77. The maximum Gasteiger partial charge on any atom is 0.125 e. The lowest BCUT2D eigenvalue weighted by molar-refractivity contribution is 0.373. The highest BCUT2D eigenvalue weighted by Crippen LogP contribution is 2.23. The monoisotopic (exact) mass is 224 g/mol. The minimum Gasteiger partial charge on any atom is -0.370 e. The Morgan fingerprint density at radius 2 is 2.07 bits per heavy atom. The van der Waals surface area contributed by atoms with E-state index in [1.54, 1.807) is 6.20 Å². The quantitative estimate of drug-likeness (QED) is 0.847. The first kappa shape index (κ1) is 10.7. The summed E-state index contributed by atoms with van der Waals surface area (Å²) < 4.78 is 0. The van der Waals surface area contributed by atoms with Gasteiger partial charge in [0.25, 0.3) is 0 Å². The lowest BCUT2D eigenvalue weighted by atomic mass is 9.89. The summed E-state index contributed by atoms with van der Waals surface area (Å²) in [6.45, 7) is 1.05. The molecule has 1 aromatic heterocycles. The van der Waals surface area contributed by atoms with Crippen LogP contribution in [0.3, 0.4) is 0 Å². The molecule has 1 saturated carbocycles. The normalized spacial score (nSPS) is 17.7. The van der Waals surface area contributed by atoms with Crippen molar-refractivity contribution in [2.24, 2.45) is 5.92 Å². The Hall–Kier alpha value is -0.760. The van der Waals surface area contributed by atoms with Crippen molar-refractivity contribution in [1.29, 1.82) is 0 Å². The van der Waals surface area contributed by atoms with Crippen molar-refractivity contribution in [3.63, 3.8) is 0 Å². The zero-order valence-corrected chi connectivity index (χ0v) is 9.63.